The highest BCUT2D eigenvalue weighted by Gasteiger charge is 2.10. The summed E-state index contributed by atoms with van der Waals surface area (Å²) in [6, 6.07) is 13.8. The van der Waals surface area contributed by atoms with E-state index >= 15 is 0 Å². The van der Waals surface area contributed by atoms with Gasteiger partial charge in [0.1, 0.15) is 5.82 Å². The Labute approximate surface area is 124 Å². The van der Waals surface area contributed by atoms with Crippen molar-refractivity contribution >= 4 is 11.6 Å². The normalized spacial score (nSPS) is 12.4. The first-order valence-corrected chi connectivity index (χ1v) is 7.13. The fourth-order valence-electron chi connectivity index (χ4n) is 2.24. The van der Waals surface area contributed by atoms with Crippen molar-refractivity contribution in [2.45, 2.75) is 25.8 Å². The van der Waals surface area contributed by atoms with Gasteiger partial charge in [-0.2, -0.15) is 0 Å². The van der Waals surface area contributed by atoms with Crippen molar-refractivity contribution in [3.05, 3.63) is 70.0 Å². The lowest BCUT2D eigenvalue weighted by Gasteiger charge is -2.16. The molecule has 20 heavy (non-hydrogen) atoms. The fraction of sp³-hybridized carbons (Fsp3) is 0.294. The summed E-state index contributed by atoms with van der Waals surface area (Å²) in [7, 11) is 1.94. The number of likely N-dealkylation sites (N-methyl/N-ethyl adjacent to an activating group) is 1. The smallest absolute Gasteiger partial charge is 0.142 e. The van der Waals surface area contributed by atoms with Crippen molar-refractivity contribution in [2.75, 3.05) is 7.05 Å². The molecular weight excluding hydrogens is 273 g/mol. The van der Waals surface area contributed by atoms with Crippen LogP contribution in [0, 0.1) is 12.7 Å². The van der Waals surface area contributed by atoms with Crippen LogP contribution in [0.4, 0.5) is 4.39 Å². The quantitative estimate of drug-likeness (QED) is 0.872. The molecule has 0 aromatic heterocycles. The second-order valence-electron chi connectivity index (χ2n) is 5.13. The minimum absolute atomic E-state index is 0.174. The minimum atomic E-state index is -0.352. The Balaban J connectivity index is 2.04. The van der Waals surface area contributed by atoms with E-state index in [9.17, 15) is 4.39 Å². The fourth-order valence-corrected chi connectivity index (χ4v) is 2.35. The van der Waals surface area contributed by atoms with Crippen molar-refractivity contribution in [3.8, 4) is 0 Å². The zero-order valence-electron chi connectivity index (χ0n) is 11.8. The molecule has 2 aromatic rings. The van der Waals surface area contributed by atoms with Gasteiger partial charge in [-0.3, -0.25) is 0 Å². The van der Waals surface area contributed by atoms with Crippen LogP contribution in [0.1, 0.15) is 16.7 Å². The molecule has 2 rings (SSSR count). The summed E-state index contributed by atoms with van der Waals surface area (Å²) in [6.45, 7) is 2.08. The molecule has 1 atom stereocenters. The molecule has 0 saturated carbocycles. The number of benzene rings is 2. The highest BCUT2D eigenvalue weighted by molar-refractivity contribution is 6.30. The van der Waals surface area contributed by atoms with E-state index in [2.05, 4.69) is 36.5 Å². The molecule has 0 fully saturated rings. The van der Waals surface area contributed by atoms with Gasteiger partial charge in [0.2, 0.25) is 0 Å². The van der Waals surface area contributed by atoms with Crippen LogP contribution in [0.5, 0.6) is 0 Å². The highest BCUT2D eigenvalue weighted by atomic mass is 35.5. The van der Waals surface area contributed by atoms with Crippen LogP contribution < -0.4 is 5.32 Å². The average Bonchev–Trinajstić information content (AvgIpc) is 2.44. The summed E-state index contributed by atoms with van der Waals surface area (Å²) >= 11 is 5.71. The molecule has 1 N–H and O–H groups in total. The molecular formula is C17H19ClFN. The largest absolute Gasteiger partial charge is 0.316 e. The van der Waals surface area contributed by atoms with Crippen LogP contribution in [0.3, 0.4) is 0 Å². The lowest BCUT2D eigenvalue weighted by Crippen LogP contribution is -2.29. The van der Waals surface area contributed by atoms with E-state index in [0.29, 0.717) is 0 Å². The number of hydrogen-bond donors (Lipinski definition) is 1. The van der Waals surface area contributed by atoms with E-state index in [1.165, 1.54) is 17.2 Å². The molecule has 3 heteroatoms. The molecule has 106 valence electrons. The second-order valence-corrected chi connectivity index (χ2v) is 5.54. The predicted molar refractivity (Wildman–Crippen MR) is 82.8 cm³/mol. The Morgan fingerprint density at radius 1 is 1.05 bits per heavy atom. The topological polar surface area (TPSA) is 12.0 Å². The summed E-state index contributed by atoms with van der Waals surface area (Å²) < 4.78 is 13.5. The minimum Gasteiger partial charge on any atom is -0.316 e. The van der Waals surface area contributed by atoms with Crippen LogP contribution in [-0.2, 0) is 12.8 Å². The predicted octanol–water partition coefficient (Wildman–Crippen LogP) is 4.16. The van der Waals surface area contributed by atoms with Gasteiger partial charge in [0, 0.05) is 6.04 Å². The standard InChI is InChI=1S/C17H19ClFN/c1-12-3-5-13(6-4-12)9-15(20-2)10-14-7-8-16(18)17(19)11-14/h3-8,11,15,20H,9-10H2,1-2H3. The molecule has 0 aliphatic rings. The van der Waals surface area contributed by atoms with Crippen LogP contribution in [0.2, 0.25) is 5.02 Å². The van der Waals surface area contributed by atoms with Crippen molar-refractivity contribution in [1.82, 2.24) is 5.32 Å². The highest BCUT2D eigenvalue weighted by Crippen LogP contribution is 2.17. The van der Waals surface area contributed by atoms with Gasteiger partial charge in [-0.25, -0.2) is 4.39 Å². The molecule has 0 bridgehead atoms. The molecule has 0 heterocycles. The summed E-state index contributed by atoms with van der Waals surface area (Å²) in [5.41, 5.74) is 3.50. The van der Waals surface area contributed by atoms with Gasteiger partial charge in [-0.15, -0.1) is 0 Å². The van der Waals surface area contributed by atoms with E-state index in [1.54, 1.807) is 6.07 Å². The molecule has 1 unspecified atom stereocenters. The van der Waals surface area contributed by atoms with E-state index in [0.717, 1.165) is 18.4 Å². The average molecular weight is 292 g/mol. The SMILES string of the molecule is CNC(Cc1ccc(C)cc1)Cc1ccc(Cl)c(F)c1. The van der Waals surface area contributed by atoms with Gasteiger partial charge in [0.05, 0.1) is 5.02 Å². The molecule has 0 radical (unpaired) electrons. The summed E-state index contributed by atoms with van der Waals surface area (Å²) in [5, 5.41) is 3.47. The van der Waals surface area contributed by atoms with Crippen LogP contribution >= 0.6 is 11.6 Å². The summed E-state index contributed by atoms with van der Waals surface area (Å²) in [5.74, 6) is -0.352. The maximum Gasteiger partial charge on any atom is 0.142 e. The number of halogens is 2. The Morgan fingerprint density at radius 3 is 2.25 bits per heavy atom. The van der Waals surface area contributed by atoms with Crippen LogP contribution in [0.15, 0.2) is 42.5 Å². The van der Waals surface area contributed by atoms with Crippen molar-refractivity contribution in [1.29, 1.82) is 0 Å². The summed E-state index contributed by atoms with van der Waals surface area (Å²) in [6.07, 6.45) is 1.69. The third-order valence-electron chi connectivity index (χ3n) is 3.48. The molecule has 0 spiro atoms. The molecule has 0 amide bonds. The first-order chi connectivity index (χ1) is 9.58. The molecule has 0 saturated heterocycles. The molecule has 1 nitrogen and oxygen atoms in total. The number of rotatable bonds is 5. The van der Waals surface area contributed by atoms with Crippen molar-refractivity contribution in [2.24, 2.45) is 0 Å². The third-order valence-corrected chi connectivity index (χ3v) is 3.78. The van der Waals surface area contributed by atoms with Crippen LogP contribution in [0.25, 0.3) is 0 Å². The molecule has 0 aliphatic carbocycles. The number of nitrogens with one attached hydrogen (secondary N) is 1. The Kier molecular flexibility index (Phi) is 5.16. The zero-order valence-corrected chi connectivity index (χ0v) is 12.5. The maximum absolute atomic E-state index is 13.5. The maximum atomic E-state index is 13.5. The van der Waals surface area contributed by atoms with Crippen LogP contribution in [-0.4, -0.2) is 13.1 Å². The van der Waals surface area contributed by atoms with E-state index in [-0.39, 0.29) is 16.9 Å². The van der Waals surface area contributed by atoms with Gasteiger partial charge >= 0.3 is 0 Å². The van der Waals surface area contributed by atoms with Gasteiger partial charge in [0.25, 0.3) is 0 Å². The second kappa shape index (κ2) is 6.87. The van der Waals surface area contributed by atoms with Gasteiger partial charge < -0.3 is 5.32 Å². The monoisotopic (exact) mass is 291 g/mol. The van der Waals surface area contributed by atoms with Gasteiger partial charge in [-0.1, -0.05) is 47.5 Å². The first-order valence-electron chi connectivity index (χ1n) is 6.75. The summed E-state index contributed by atoms with van der Waals surface area (Å²) in [4.78, 5) is 0. The number of aryl methyl sites for hydroxylation is 1. The van der Waals surface area contributed by atoms with Crippen molar-refractivity contribution < 1.29 is 4.39 Å². The Morgan fingerprint density at radius 2 is 1.65 bits per heavy atom. The third kappa shape index (κ3) is 4.06. The Hall–Kier alpha value is -1.38. The molecule has 2 aromatic carbocycles. The first kappa shape index (κ1) is 15.0. The van der Waals surface area contributed by atoms with E-state index < -0.39 is 0 Å². The van der Waals surface area contributed by atoms with Gasteiger partial charge in [0.15, 0.2) is 0 Å². The lowest BCUT2D eigenvalue weighted by atomic mass is 9.98. The lowest BCUT2D eigenvalue weighted by molar-refractivity contribution is 0.553. The van der Waals surface area contributed by atoms with E-state index in [4.69, 9.17) is 11.6 Å². The van der Waals surface area contributed by atoms with E-state index in [1.807, 2.05) is 13.1 Å². The van der Waals surface area contributed by atoms with Crippen molar-refractivity contribution in [3.63, 3.8) is 0 Å². The zero-order chi connectivity index (χ0) is 14.5. The number of hydrogen-bond acceptors (Lipinski definition) is 1. The van der Waals surface area contributed by atoms with Gasteiger partial charge in [-0.05, 0) is 50.1 Å². The Bertz CT molecular complexity index is 566. The molecule has 0 aliphatic heterocycles.